The summed E-state index contributed by atoms with van der Waals surface area (Å²) in [5.74, 6) is 1.12. The van der Waals surface area contributed by atoms with E-state index in [1.165, 1.54) is 6.33 Å². The van der Waals surface area contributed by atoms with Crippen molar-refractivity contribution in [3.8, 4) is 11.4 Å². The Balaban J connectivity index is 2.28. The summed E-state index contributed by atoms with van der Waals surface area (Å²) in [6, 6.07) is 1.82. The van der Waals surface area contributed by atoms with Gasteiger partial charge in [0, 0.05) is 12.1 Å². The van der Waals surface area contributed by atoms with E-state index < -0.39 is 0 Å². The first-order valence-electron chi connectivity index (χ1n) is 5.03. The van der Waals surface area contributed by atoms with Crippen LogP contribution in [0.4, 0.5) is 0 Å². The van der Waals surface area contributed by atoms with E-state index in [0.29, 0.717) is 5.92 Å². The number of rotatable bonds is 3. The van der Waals surface area contributed by atoms with Crippen LogP contribution in [0.15, 0.2) is 29.3 Å². The van der Waals surface area contributed by atoms with Gasteiger partial charge in [-0.3, -0.25) is 0 Å². The van der Waals surface area contributed by atoms with E-state index >= 15 is 0 Å². The highest BCUT2D eigenvalue weighted by Crippen LogP contribution is 2.21. The van der Waals surface area contributed by atoms with E-state index in [0.717, 1.165) is 23.7 Å². The van der Waals surface area contributed by atoms with Crippen LogP contribution in [0.5, 0.6) is 0 Å². The molecule has 0 aliphatic rings. The maximum Gasteiger partial charge on any atom is 0.197 e. The van der Waals surface area contributed by atoms with E-state index in [2.05, 4.69) is 28.8 Å². The van der Waals surface area contributed by atoms with Gasteiger partial charge in [0.15, 0.2) is 5.89 Å². The van der Waals surface area contributed by atoms with Gasteiger partial charge in [-0.2, -0.15) is 0 Å². The van der Waals surface area contributed by atoms with Crippen molar-refractivity contribution in [3.05, 3.63) is 30.7 Å². The van der Waals surface area contributed by atoms with Crippen molar-refractivity contribution in [1.82, 2.24) is 15.0 Å². The molecule has 0 saturated heterocycles. The molecule has 0 aliphatic carbocycles. The molecular weight excluding hydrogens is 190 g/mol. The molecule has 0 aliphatic heterocycles. The van der Waals surface area contributed by atoms with Crippen molar-refractivity contribution in [2.75, 3.05) is 0 Å². The fourth-order valence-corrected chi connectivity index (χ4v) is 1.25. The third-order valence-corrected chi connectivity index (χ3v) is 2.40. The van der Waals surface area contributed by atoms with Crippen LogP contribution in [0.2, 0.25) is 0 Å². The summed E-state index contributed by atoms with van der Waals surface area (Å²) >= 11 is 0. The minimum absolute atomic E-state index is 0.348. The van der Waals surface area contributed by atoms with E-state index in [1.54, 1.807) is 12.5 Å². The largest absolute Gasteiger partial charge is 0.448 e. The lowest BCUT2D eigenvalue weighted by atomic mass is 10.1. The van der Waals surface area contributed by atoms with E-state index in [9.17, 15) is 0 Å². The fraction of sp³-hybridized carbons (Fsp3) is 0.364. The smallest absolute Gasteiger partial charge is 0.197 e. The normalized spacial score (nSPS) is 12.7. The van der Waals surface area contributed by atoms with Gasteiger partial charge in [0.1, 0.15) is 18.3 Å². The Morgan fingerprint density at radius 3 is 2.93 bits per heavy atom. The Labute approximate surface area is 88.4 Å². The molecular formula is C11H13N3O. The minimum Gasteiger partial charge on any atom is -0.448 e. The topological polar surface area (TPSA) is 51.8 Å². The SMILES string of the molecule is CCC(C)c1nc(-c2ccncn2)co1. The third-order valence-electron chi connectivity index (χ3n) is 2.40. The molecule has 0 amide bonds. The van der Waals surface area contributed by atoms with Gasteiger partial charge in [-0.1, -0.05) is 13.8 Å². The first-order valence-corrected chi connectivity index (χ1v) is 5.03. The van der Waals surface area contributed by atoms with Gasteiger partial charge in [0.05, 0.1) is 5.69 Å². The van der Waals surface area contributed by atoms with E-state index in [4.69, 9.17) is 4.42 Å². The molecule has 1 atom stereocenters. The molecule has 0 saturated carbocycles. The molecule has 78 valence electrons. The highest BCUT2D eigenvalue weighted by molar-refractivity contribution is 5.51. The molecule has 1 unspecified atom stereocenters. The van der Waals surface area contributed by atoms with Gasteiger partial charge in [-0.15, -0.1) is 0 Å². The predicted octanol–water partition coefficient (Wildman–Crippen LogP) is 2.65. The summed E-state index contributed by atoms with van der Waals surface area (Å²) in [4.78, 5) is 12.4. The van der Waals surface area contributed by atoms with Crippen molar-refractivity contribution in [2.24, 2.45) is 0 Å². The summed E-state index contributed by atoms with van der Waals surface area (Å²) in [5.41, 5.74) is 1.57. The van der Waals surface area contributed by atoms with Crippen LogP contribution in [-0.2, 0) is 0 Å². The zero-order chi connectivity index (χ0) is 10.7. The number of nitrogens with zero attached hydrogens (tertiary/aromatic N) is 3. The van der Waals surface area contributed by atoms with Crippen LogP contribution in [-0.4, -0.2) is 15.0 Å². The standard InChI is InChI=1S/C11H13N3O/c1-3-8(2)11-14-10(6-15-11)9-4-5-12-7-13-9/h4-8H,3H2,1-2H3. The zero-order valence-electron chi connectivity index (χ0n) is 8.84. The number of hydrogen-bond acceptors (Lipinski definition) is 4. The summed E-state index contributed by atoms with van der Waals surface area (Å²) < 4.78 is 5.40. The van der Waals surface area contributed by atoms with Gasteiger partial charge < -0.3 is 4.42 Å². The monoisotopic (exact) mass is 203 g/mol. The maximum atomic E-state index is 5.40. The Morgan fingerprint density at radius 2 is 2.27 bits per heavy atom. The molecule has 0 N–H and O–H groups in total. The van der Waals surface area contributed by atoms with Gasteiger partial charge >= 0.3 is 0 Å². The number of oxazole rings is 1. The molecule has 15 heavy (non-hydrogen) atoms. The van der Waals surface area contributed by atoms with Crippen LogP contribution in [0.1, 0.15) is 32.1 Å². The second-order valence-corrected chi connectivity index (χ2v) is 3.47. The molecule has 2 aromatic heterocycles. The summed E-state index contributed by atoms with van der Waals surface area (Å²) in [5, 5.41) is 0. The lowest BCUT2D eigenvalue weighted by Crippen LogP contribution is -1.91. The summed E-state index contributed by atoms with van der Waals surface area (Å²) in [6.07, 6.45) is 5.86. The molecule has 0 radical (unpaired) electrons. The summed E-state index contributed by atoms with van der Waals surface area (Å²) in [7, 11) is 0. The zero-order valence-corrected chi connectivity index (χ0v) is 8.84. The quantitative estimate of drug-likeness (QED) is 0.769. The van der Waals surface area contributed by atoms with Crippen molar-refractivity contribution < 1.29 is 4.42 Å². The molecule has 0 aromatic carbocycles. The lowest BCUT2D eigenvalue weighted by molar-refractivity contribution is 0.453. The second-order valence-electron chi connectivity index (χ2n) is 3.47. The Kier molecular flexibility index (Phi) is 2.76. The van der Waals surface area contributed by atoms with Crippen molar-refractivity contribution in [3.63, 3.8) is 0 Å². The van der Waals surface area contributed by atoms with E-state index in [-0.39, 0.29) is 0 Å². The first kappa shape index (κ1) is 9.83. The van der Waals surface area contributed by atoms with E-state index in [1.807, 2.05) is 6.07 Å². The first-order chi connectivity index (χ1) is 7.31. The molecule has 0 spiro atoms. The molecule has 0 fully saturated rings. The van der Waals surface area contributed by atoms with Crippen molar-refractivity contribution >= 4 is 0 Å². The van der Waals surface area contributed by atoms with Gasteiger partial charge in [-0.25, -0.2) is 15.0 Å². The highest BCUT2D eigenvalue weighted by Gasteiger charge is 2.11. The van der Waals surface area contributed by atoms with Crippen molar-refractivity contribution in [2.45, 2.75) is 26.2 Å². The van der Waals surface area contributed by atoms with Crippen molar-refractivity contribution in [1.29, 1.82) is 0 Å². The maximum absolute atomic E-state index is 5.40. The molecule has 2 rings (SSSR count). The molecule has 4 nitrogen and oxygen atoms in total. The predicted molar refractivity (Wildman–Crippen MR) is 56.2 cm³/mol. The van der Waals surface area contributed by atoms with Crippen LogP contribution in [0.3, 0.4) is 0 Å². The Bertz CT molecular complexity index is 424. The molecule has 2 aromatic rings. The average Bonchev–Trinajstić information content (AvgIpc) is 2.78. The van der Waals surface area contributed by atoms with Crippen LogP contribution in [0.25, 0.3) is 11.4 Å². The van der Waals surface area contributed by atoms with Gasteiger partial charge in [-0.05, 0) is 12.5 Å². The lowest BCUT2D eigenvalue weighted by Gasteiger charge is -2.00. The Hall–Kier alpha value is -1.71. The molecule has 4 heteroatoms. The minimum atomic E-state index is 0.348. The molecule has 0 bridgehead atoms. The number of hydrogen-bond donors (Lipinski definition) is 0. The van der Waals surface area contributed by atoms with Crippen LogP contribution < -0.4 is 0 Å². The Morgan fingerprint density at radius 1 is 1.40 bits per heavy atom. The summed E-state index contributed by atoms with van der Waals surface area (Å²) in [6.45, 7) is 4.20. The van der Waals surface area contributed by atoms with Crippen LogP contribution >= 0.6 is 0 Å². The second kappa shape index (κ2) is 4.21. The van der Waals surface area contributed by atoms with Gasteiger partial charge in [0.2, 0.25) is 0 Å². The average molecular weight is 203 g/mol. The third kappa shape index (κ3) is 2.03. The fourth-order valence-electron chi connectivity index (χ4n) is 1.25. The van der Waals surface area contributed by atoms with Crippen LogP contribution in [0, 0.1) is 0 Å². The number of aromatic nitrogens is 3. The highest BCUT2D eigenvalue weighted by atomic mass is 16.3. The van der Waals surface area contributed by atoms with Gasteiger partial charge in [0.25, 0.3) is 0 Å². The molecule has 2 heterocycles.